The third-order valence-electron chi connectivity index (χ3n) is 5.03. The smallest absolute Gasteiger partial charge is 0.226 e. The lowest BCUT2D eigenvalue weighted by molar-refractivity contribution is -0.133. The largest absolute Gasteiger partial charge is 0.369 e. The van der Waals surface area contributed by atoms with Gasteiger partial charge in [0.15, 0.2) is 0 Å². The molecule has 0 aliphatic carbocycles. The van der Waals surface area contributed by atoms with Gasteiger partial charge in [-0.3, -0.25) is 9.69 Å². The van der Waals surface area contributed by atoms with Gasteiger partial charge < -0.3 is 15.1 Å². The molecule has 1 N–H and O–H groups in total. The number of benzene rings is 1. The van der Waals surface area contributed by atoms with E-state index in [1.54, 1.807) is 0 Å². The van der Waals surface area contributed by atoms with E-state index in [0.29, 0.717) is 5.91 Å². The summed E-state index contributed by atoms with van der Waals surface area (Å²) in [5.41, 5.74) is 1.31. The number of amides is 1. The first kappa shape index (κ1) is 16.3. The number of likely N-dealkylation sites (N-methyl/N-ethyl adjacent to an activating group) is 1. The molecule has 1 atom stereocenters. The van der Waals surface area contributed by atoms with Gasteiger partial charge in [0.1, 0.15) is 0 Å². The Morgan fingerprint density at radius 3 is 2.61 bits per heavy atom. The predicted molar refractivity (Wildman–Crippen MR) is 93.7 cm³/mol. The van der Waals surface area contributed by atoms with E-state index in [1.807, 2.05) is 11.9 Å². The lowest BCUT2D eigenvalue weighted by atomic mass is 10.1. The van der Waals surface area contributed by atoms with Crippen molar-refractivity contribution in [3.63, 3.8) is 0 Å². The quantitative estimate of drug-likeness (QED) is 0.875. The van der Waals surface area contributed by atoms with E-state index in [1.165, 1.54) is 5.69 Å². The second-order valence-electron chi connectivity index (χ2n) is 6.61. The van der Waals surface area contributed by atoms with Crippen LogP contribution in [0.2, 0.25) is 0 Å². The Balaban J connectivity index is 1.39. The van der Waals surface area contributed by atoms with Crippen molar-refractivity contribution in [1.29, 1.82) is 0 Å². The maximum atomic E-state index is 12.3. The minimum absolute atomic E-state index is 0.190. The number of carbonyl (C=O) groups excluding carboxylic acids is 1. The highest BCUT2D eigenvalue weighted by Crippen LogP contribution is 2.15. The fourth-order valence-electron chi connectivity index (χ4n) is 3.45. The maximum Gasteiger partial charge on any atom is 0.226 e. The van der Waals surface area contributed by atoms with Crippen molar-refractivity contribution in [2.24, 2.45) is 5.92 Å². The van der Waals surface area contributed by atoms with Gasteiger partial charge in [-0.15, -0.1) is 0 Å². The van der Waals surface area contributed by atoms with Crippen molar-refractivity contribution < 1.29 is 4.79 Å². The molecule has 0 spiro atoms. The van der Waals surface area contributed by atoms with Gasteiger partial charge >= 0.3 is 0 Å². The van der Waals surface area contributed by atoms with Crippen LogP contribution in [0.3, 0.4) is 0 Å². The Labute approximate surface area is 139 Å². The van der Waals surface area contributed by atoms with E-state index in [0.717, 1.165) is 58.8 Å². The molecule has 5 heteroatoms. The minimum Gasteiger partial charge on any atom is -0.369 e. The zero-order valence-electron chi connectivity index (χ0n) is 14.1. The van der Waals surface area contributed by atoms with Gasteiger partial charge in [-0.25, -0.2) is 0 Å². The van der Waals surface area contributed by atoms with E-state index in [-0.39, 0.29) is 5.92 Å². The monoisotopic (exact) mass is 316 g/mol. The number of para-hydroxylation sites is 1. The molecule has 5 nitrogen and oxygen atoms in total. The van der Waals surface area contributed by atoms with Gasteiger partial charge in [0, 0.05) is 58.5 Å². The fourth-order valence-corrected chi connectivity index (χ4v) is 3.45. The number of carbonyl (C=O) groups is 1. The zero-order valence-corrected chi connectivity index (χ0v) is 14.1. The third kappa shape index (κ3) is 4.24. The number of piperazine rings is 1. The molecule has 1 unspecified atom stereocenters. The highest BCUT2D eigenvalue weighted by atomic mass is 16.2. The Kier molecular flexibility index (Phi) is 5.51. The van der Waals surface area contributed by atoms with Crippen LogP contribution in [-0.2, 0) is 4.79 Å². The molecule has 2 saturated heterocycles. The summed E-state index contributed by atoms with van der Waals surface area (Å²) in [6.45, 7) is 7.91. The summed E-state index contributed by atoms with van der Waals surface area (Å²) in [5.74, 6) is 0.493. The van der Waals surface area contributed by atoms with Crippen LogP contribution in [0.25, 0.3) is 0 Å². The Morgan fingerprint density at radius 2 is 1.96 bits per heavy atom. The second kappa shape index (κ2) is 7.79. The summed E-state index contributed by atoms with van der Waals surface area (Å²) in [7, 11) is 1.95. The molecule has 3 rings (SSSR count). The van der Waals surface area contributed by atoms with E-state index < -0.39 is 0 Å². The molecular formula is C18H28N4O. The van der Waals surface area contributed by atoms with Gasteiger partial charge in [-0.1, -0.05) is 18.2 Å². The van der Waals surface area contributed by atoms with Crippen molar-refractivity contribution >= 4 is 11.6 Å². The first-order chi connectivity index (χ1) is 11.2. The van der Waals surface area contributed by atoms with Crippen LogP contribution in [-0.4, -0.2) is 75.1 Å². The number of hydrogen-bond acceptors (Lipinski definition) is 4. The van der Waals surface area contributed by atoms with Crippen LogP contribution in [0.15, 0.2) is 30.3 Å². The summed E-state index contributed by atoms with van der Waals surface area (Å²) in [4.78, 5) is 19.1. The molecule has 2 aliphatic heterocycles. The number of hydrogen-bond donors (Lipinski definition) is 1. The first-order valence-corrected chi connectivity index (χ1v) is 8.72. The van der Waals surface area contributed by atoms with Crippen LogP contribution in [0.1, 0.15) is 6.42 Å². The average Bonchev–Trinajstić information content (AvgIpc) is 3.15. The van der Waals surface area contributed by atoms with Crippen LogP contribution in [0.4, 0.5) is 5.69 Å². The van der Waals surface area contributed by atoms with Gasteiger partial charge in [0.2, 0.25) is 5.91 Å². The SMILES string of the molecule is CN(CCN1CCN(c2ccccc2)CC1)C(=O)C1CCNC1. The van der Waals surface area contributed by atoms with Crippen molar-refractivity contribution in [1.82, 2.24) is 15.1 Å². The van der Waals surface area contributed by atoms with Crippen LogP contribution < -0.4 is 10.2 Å². The van der Waals surface area contributed by atoms with Crippen LogP contribution in [0.5, 0.6) is 0 Å². The summed E-state index contributed by atoms with van der Waals surface area (Å²) in [6.07, 6.45) is 0.985. The molecule has 2 fully saturated rings. The van der Waals surface area contributed by atoms with E-state index >= 15 is 0 Å². The molecule has 2 heterocycles. The minimum atomic E-state index is 0.190. The number of anilines is 1. The lowest BCUT2D eigenvalue weighted by Crippen LogP contribution is -2.49. The number of nitrogens with zero attached hydrogens (tertiary/aromatic N) is 3. The Hall–Kier alpha value is -1.59. The summed E-state index contributed by atoms with van der Waals surface area (Å²) in [5, 5.41) is 3.27. The molecular weight excluding hydrogens is 288 g/mol. The topological polar surface area (TPSA) is 38.8 Å². The molecule has 126 valence electrons. The molecule has 1 aromatic carbocycles. The average molecular weight is 316 g/mol. The first-order valence-electron chi connectivity index (χ1n) is 8.72. The highest BCUT2D eigenvalue weighted by molar-refractivity contribution is 5.79. The van der Waals surface area contributed by atoms with Crippen molar-refractivity contribution in [2.75, 3.05) is 64.3 Å². The molecule has 23 heavy (non-hydrogen) atoms. The second-order valence-corrected chi connectivity index (χ2v) is 6.61. The summed E-state index contributed by atoms with van der Waals surface area (Å²) < 4.78 is 0. The van der Waals surface area contributed by atoms with Crippen molar-refractivity contribution in [2.45, 2.75) is 6.42 Å². The standard InChI is InChI=1S/C18H28N4O/c1-20(18(23)16-7-8-19-15-16)9-10-21-11-13-22(14-12-21)17-5-3-2-4-6-17/h2-6,16,19H,7-15H2,1H3. The maximum absolute atomic E-state index is 12.3. The summed E-state index contributed by atoms with van der Waals surface area (Å²) in [6, 6.07) is 10.6. The highest BCUT2D eigenvalue weighted by Gasteiger charge is 2.25. The van der Waals surface area contributed by atoms with Crippen LogP contribution >= 0.6 is 0 Å². The Bertz CT molecular complexity index is 493. The molecule has 2 aliphatic rings. The molecule has 0 saturated carbocycles. The summed E-state index contributed by atoms with van der Waals surface area (Å²) >= 11 is 0. The van der Waals surface area contributed by atoms with Crippen molar-refractivity contribution in [3.05, 3.63) is 30.3 Å². The molecule has 0 aromatic heterocycles. The van der Waals surface area contributed by atoms with Gasteiger partial charge in [-0.05, 0) is 25.1 Å². The number of nitrogens with one attached hydrogen (secondary N) is 1. The Morgan fingerprint density at radius 1 is 1.22 bits per heavy atom. The van der Waals surface area contributed by atoms with E-state index in [9.17, 15) is 4.79 Å². The lowest BCUT2D eigenvalue weighted by Gasteiger charge is -2.36. The van der Waals surface area contributed by atoms with Gasteiger partial charge in [-0.2, -0.15) is 0 Å². The number of rotatable bonds is 5. The third-order valence-corrected chi connectivity index (χ3v) is 5.03. The molecule has 1 amide bonds. The normalized spacial score (nSPS) is 22.3. The van der Waals surface area contributed by atoms with Gasteiger partial charge in [0.05, 0.1) is 5.92 Å². The molecule has 1 aromatic rings. The van der Waals surface area contributed by atoms with Gasteiger partial charge in [0.25, 0.3) is 0 Å². The van der Waals surface area contributed by atoms with E-state index in [4.69, 9.17) is 0 Å². The molecule has 0 radical (unpaired) electrons. The van der Waals surface area contributed by atoms with Crippen LogP contribution in [0, 0.1) is 5.92 Å². The van der Waals surface area contributed by atoms with Crippen molar-refractivity contribution in [3.8, 4) is 0 Å². The molecule has 0 bridgehead atoms. The fraction of sp³-hybridized carbons (Fsp3) is 0.611. The predicted octanol–water partition coefficient (Wildman–Crippen LogP) is 0.877. The zero-order chi connectivity index (χ0) is 16.1. The van der Waals surface area contributed by atoms with E-state index in [2.05, 4.69) is 45.4 Å².